The van der Waals surface area contributed by atoms with Crippen LogP contribution in [-0.4, -0.2) is 48.1 Å². The molecule has 0 aliphatic heterocycles. The SMILES string of the molecule is CCCC([N-]C(C)(C)C)[N-]C(C)(C)C.CCCC([N-]C(C)(C)C)[N-]C(C)(C)C.[CH-]=O.[CH-]=O.[Ru+6]. The monoisotopic (exact) mass is 556 g/mol. The van der Waals surface area contributed by atoms with Crippen LogP contribution in [0.4, 0.5) is 0 Å². The van der Waals surface area contributed by atoms with E-state index in [9.17, 15) is 0 Å². The molecule has 0 rings (SSSR count). The molecule has 0 atom stereocenters. The zero-order valence-electron chi connectivity index (χ0n) is 24.1. The van der Waals surface area contributed by atoms with Crippen molar-refractivity contribution in [1.29, 1.82) is 0 Å². The van der Waals surface area contributed by atoms with Gasteiger partial charge in [-0.2, -0.15) is 0 Å². The summed E-state index contributed by atoms with van der Waals surface area (Å²) in [6.07, 6.45) is 4.75. The Morgan fingerprint density at radius 1 is 0.485 bits per heavy atom. The fourth-order valence-electron chi connectivity index (χ4n) is 2.62. The molecule has 0 radical (unpaired) electrons. The van der Waals surface area contributed by atoms with Gasteiger partial charge in [-0.25, -0.2) is 12.3 Å². The quantitative estimate of drug-likeness (QED) is 0.171. The maximum absolute atomic E-state index is 7.75. The fourth-order valence-corrected chi connectivity index (χ4v) is 2.62. The summed E-state index contributed by atoms with van der Waals surface area (Å²) in [7, 11) is 0. The van der Waals surface area contributed by atoms with Crippen LogP contribution >= 0.6 is 0 Å². The van der Waals surface area contributed by atoms with E-state index in [4.69, 9.17) is 30.9 Å². The Labute approximate surface area is 220 Å². The average molecular weight is 556 g/mol. The molecule has 0 fully saturated rings. The third kappa shape index (κ3) is 42.4. The number of carbonyl (C=O) groups excluding carboxylic acids is 2. The van der Waals surface area contributed by atoms with Crippen molar-refractivity contribution in [1.82, 2.24) is 0 Å². The molecule has 0 amide bonds. The van der Waals surface area contributed by atoms with E-state index in [1.54, 1.807) is 0 Å². The summed E-state index contributed by atoms with van der Waals surface area (Å²) in [6.45, 7) is 36.5. The normalized spacial score (nSPS) is 11.9. The van der Waals surface area contributed by atoms with E-state index in [0.29, 0.717) is 0 Å². The summed E-state index contributed by atoms with van der Waals surface area (Å²) in [5.74, 6) is 0. The van der Waals surface area contributed by atoms with Gasteiger partial charge < -0.3 is 30.9 Å². The van der Waals surface area contributed by atoms with Gasteiger partial charge in [0.15, 0.2) is 0 Å². The third-order valence-corrected chi connectivity index (χ3v) is 3.24. The molecule has 0 heterocycles. The molecule has 0 aliphatic carbocycles. The van der Waals surface area contributed by atoms with Gasteiger partial charge in [0.25, 0.3) is 0 Å². The minimum atomic E-state index is 0. The van der Waals surface area contributed by atoms with Crippen LogP contribution < -0.4 is 0 Å². The van der Waals surface area contributed by atoms with E-state index in [0.717, 1.165) is 25.7 Å². The van der Waals surface area contributed by atoms with E-state index < -0.39 is 0 Å². The third-order valence-electron chi connectivity index (χ3n) is 3.24. The molecule has 0 aromatic carbocycles. The van der Waals surface area contributed by atoms with Crippen molar-refractivity contribution in [2.45, 2.75) is 157 Å². The zero-order chi connectivity index (χ0) is 26.8. The van der Waals surface area contributed by atoms with Crippen molar-refractivity contribution >= 4 is 13.6 Å². The van der Waals surface area contributed by atoms with Crippen LogP contribution in [0.3, 0.4) is 0 Å². The van der Waals surface area contributed by atoms with Gasteiger partial charge in [0.05, 0.1) is 0 Å². The smallest absolute Gasteiger partial charge is 0.673 e. The molecule has 7 heteroatoms. The second-order valence-electron chi connectivity index (χ2n) is 11.7. The Bertz CT molecular complexity index is 350. The first-order chi connectivity index (χ1) is 14.3. The van der Waals surface area contributed by atoms with Gasteiger partial charge in [-0.05, 0) is 0 Å². The molecular weight excluding hydrogens is 501 g/mol. The molecule has 0 spiro atoms. The van der Waals surface area contributed by atoms with Gasteiger partial charge in [-0.3, -0.25) is 13.6 Å². The number of nitrogens with zero attached hydrogens (tertiary/aromatic N) is 4. The zero-order valence-corrected chi connectivity index (χ0v) is 25.8. The Hall–Kier alpha value is -0.197. The van der Waals surface area contributed by atoms with Crippen LogP contribution in [0.15, 0.2) is 0 Å². The van der Waals surface area contributed by atoms with Gasteiger partial charge in [0.1, 0.15) is 0 Å². The van der Waals surface area contributed by atoms with E-state index >= 15 is 0 Å². The van der Waals surface area contributed by atoms with Crippen molar-refractivity contribution < 1.29 is 29.1 Å². The van der Waals surface area contributed by atoms with Gasteiger partial charge in [0.2, 0.25) is 0 Å². The molecule has 0 aliphatic rings. The van der Waals surface area contributed by atoms with Crippen LogP contribution in [0.1, 0.15) is 123 Å². The van der Waals surface area contributed by atoms with E-state index in [1.807, 2.05) is 0 Å². The molecule has 198 valence electrons. The van der Waals surface area contributed by atoms with Crippen LogP contribution in [0, 0.1) is 0 Å². The first-order valence-electron chi connectivity index (χ1n) is 11.6. The number of hydrogen-bond donors (Lipinski definition) is 0. The number of rotatable bonds is 8. The second-order valence-corrected chi connectivity index (χ2v) is 11.7. The Morgan fingerprint density at radius 3 is 0.727 bits per heavy atom. The largest absolute Gasteiger partial charge is 6.00 e. The van der Waals surface area contributed by atoms with Crippen molar-refractivity contribution in [2.24, 2.45) is 0 Å². The van der Waals surface area contributed by atoms with Gasteiger partial charge in [-0.1, -0.05) is 123 Å². The van der Waals surface area contributed by atoms with Crippen molar-refractivity contribution in [3.05, 3.63) is 21.3 Å². The van der Waals surface area contributed by atoms with Crippen LogP contribution in [-0.2, 0) is 29.1 Å². The van der Waals surface area contributed by atoms with Gasteiger partial charge in [0, 0.05) is 0 Å². The average Bonchev–Trinajstić information content (AvgIpc) is 2.53. The molecule has 0 saturated heterocycles. The maximum Gasteiger partial charge on any atom is 6.00 e. The minimum absolute atomic E-state index is 0. The molecule has 0 N–H and O–H groups in total. The maximum atomic E-state index is 7.75. The summed E-state index contributed by atoms with van der Waals surface area (Å²) in [5.41, 5.74) is 0.0896. The molecule has 0 saturated carbocycles. The molecule has 0 bridgehead atoms. The van der Waals surface area contributed by atoms with Crippen LogP contribution in [0.25, 0.3) is 21.3 Å². The summed E-state index contributed by atoms with van der Waals surface area (Å²) < 4.78 is 0. The molecular formula is C26H54N4O2Ru. The van der Waals surface area contributed by atoms with E-state index in [1.165, 1.54) is 0 Å². The molecule has 33 heavy (non-hydrogen) atoms. The summed E-state index contributed by atoms with van der Waals surface area (Å²) in [5, 5.41) is 18.9. The molecule has 0 aromatic heterocycles. The molecule has 0 aromatic rings. The van der Waals surface area contributed by atoms with Gasteiger partial charge >= 0.3 is 19.5 Å². The van der Waals surface area contributed by atoms with E-state index in [-0.39, 0.29) is 54.0 Å². The summed E-state index contributed by atoms with van der Waals surface area (Å²) >= 11 is 0. The predicted molar refractivity (Wildman–Crippen MR) is 143 cm³/mol. The fraction of sp³-hybridized carbons (Fsp3) is 0.923. The van der Waals surface area contributed by atoms with Crippen LogP contribution in [0.2, 0.25) is 0 Å². The molecule has 6 nitrogen and oxygen atoms in total. The first kappa shape index (κ1) is 42.9. The summed E-state index contributed by atoms with van der Waals surface area (Å²) in [4.78, 5) is 15.5. The van der Waals surface area contributed by atoms with Crippen molar-refractivity contribution in [3.8, 4) is 0 Å². The number of hydrogen-bond acceptors (Lipinski definition) is 2. The second kappa shape index (κ2) is 21.1. The van der Waals surface area contributed by atoms with Crippen molar-refractivity contribution in [2.75, 3.05) is 0 Å². The summed E-state index contributed by atoms with van der Waals surface area (Å²) in [6, 6.07) is 0. The Kier molecular flexibility index (Phi) is 27.5. The Morgan fingerprint density at radius 2 is 0.636 bits per heavy atom. The predicted octanol–water partition coefficient (Wildman–Crippen LogP) is 8.36. The standard InChI is InChI=1S/2C12H26N2.2CHO.Ru/c2*1-8-9-10(13-11(2,3)4)14-12(5,6)7;2*1-2;/h2*10H,8-9H2,1-7H3;2*1H;/q2*-2;2*-1;+6. The topological polar surface area (TPSA) is 90.5 Å². The minimum Gasteiger partial charge on any atom is -0.673 e. The van der Waals surface area contributed by atoms with Crippen LogP contribution in [0.5, 0.6) is 0 Å². The van der Waals surface area contributed by atoms with Gasteiger partial charge in [-0.15, -0.1) is 22.2 Å². The van der Waals surface area contributed by atoms with Crippen molar-refractivity contribution in [3.63, 3.8) is 0 Å². The molecule has 0 unspecified atom stereocenters. The Balaban J connectivity index is -0.000000134. The van der Waals surface area contributed by atoms with E-state index in [2.05, 4.69) is 111 Å². The first-order valence-corrected chi connectivity index (χ1v) is 11.6.